The van der Waals surface area contributed by atoms with Crippen molar-refractivity contribution < 1.29 is 9.53 Å². The zero-order chi connectivity index (χ0) is 17.7. The number of likely N-dealkylation sites (tertiary alicyclic amines) is 1. The van der Waals surface area contributed by atoms with Crippen LogP contribution in [0.25, 0.3) is 0 Å². The first-order valence-electron chi connectivity index (χ1n) is 8.91. The third-order valence-corrected chi connectivity index (χ3v) is 5.44. The van der Waals surface area contributed by atoms with Gasteiger partial charge in [0.1, 0.15) is 25.1 Å². The highest BCUT2D eigenvalue weighted by atomic mass is 16.5. The van der Waals surface area contributed by atoms with Crippen LogP contribution in [-0.4, -0.2) is 64.1 Å². The number of fused-ring (bicyclic) bond motifs is 1. The van der Waals surface area contributed by atoms with Gasteiger partial charge in [-0.25, -0.2) is 14.2 Å². The Balaban J connectivity index is 1.30. The van der Waals surface area contributed by atoms with Crippen LogP contribution < -0.4 is 5.69 Å². The molecule has 2 aromatic heterocycles. The van der Waals surface area contributed by atoms with Crippen molar-refractivity contribution in [2.75, 3.05) is 13.1 Å². The molecule has 0 aromatic carbocycles. The summed E-state index contributed by atoms with van der Waals surface area (Å²) in [5.41, 5.74) is -0.575. The van der Waals surface area contributed by atoms with E-state index in [4.69, 9.17) is 4.74 Å². The highest BCUT2D eigenvalue weighted by molar-refractivity contribution is 5.76. The maximum atomic E-state index is 12.6. The molecule has 1 spiro atoms. The Hall–Kier alpha value is -2.56. The molecule has 0 N–H and O–H groups in total. The van der Waals surface area contributed by atoms with Gasteiger partial charge < -0.3 is 9.64 Å². The first-order valence-corrected chi connectivity index (χ1v) is 8.91. The lowest BCUT2D eigenvalue weighted by Crippen LogP contribution is -2.47. The van der Waals surface area contributed by atoms with E-state index in [9.17, 15) is 9.59 Å². The second-order valence-corrected chi connectivity index (χ2v) is 7.45. The maximum absolute atomic E-state index is 12.6. The van der Waals surface area contributed by atoms with E-state index in [2.05, 4.69) is 20.6 Å². The maximum Gasteiger partial charge on any atom is 0.346 e. The third kappa shape index (κ3) is 2.71. The van der Waals surface area contributed by atoms with Crippen LogP contribution in [0.15, 0.2) is 11.1 Å². The summed E-state index contributed by atoms with van der Waals surface area (Å²) in [7, 11) is 0. The predicted octanol–water partition coefficient (Wildman–Crippen LogP) is -1.36. The van der Waals surface area contributed by atoms with Crippen molar-refractivity contribution in [3.05, 3.63) is 22.6 Å². The van der Waals surface area contributed by atoms with Crippen LogP contribution in [0.3, 0.4) is 0 Å². The average Bonchev–Trinajstić information content (AvgIpc) is 3.02. The minimum atomic E-state index is -0.513. The van der Waals surface area contributed by atoms with Crippen LogP contribution in [0, 0.1) is 5.92 Å². The Kier molecular flexibility index (Phi) is 3.45. The number of ether oxygens (including phenoxy) is 1. The van der Waals surface area contributed by atoms with Crippen molar-refractivity contribution in [2.24, 2.45) is 5.92 Å². The van der Waals surface area contributed by atoms with Crippen molar-refractivity contribution >= 4 is 5.91 Å². The molecular weight excluding hydrogens is 340 g/mol. The highest BCUT2D eigenvalue weighted by Crippen LogP contribution is 2.32. The Morgan fingerprint density at radius 2 is 2.23 bits per heavy atom. The number of amides is 1. The molecule has 26 heavy (non-hydrogen) atoms. The van der Waals surface area contributed by atoms with Crippen LogP contribution >= 0.6 is 0 Å². The zero-order valence-corrected chi connectivity index (χ0v) is 14.3. The minimum absolute atomic E-state index is 0.0552. The molecule has 0 radical (unpaired) electrons. The van der Waals surface area contributed by atoms with Gasteiger partial charge in [0, 0.05) is 13.1 Å². The number of nitrogens with zero attached hydrogens (tertiary/aromatic N) is 8. The molecule has 138 valence electrons. The number of tetrazole rings is 1. The van der Waals surface area contributed by atoms with Gasteiger partial charge in [-0.3, -0.25) is 9.36 Å². The molecule has 2 fully saturated rings. The molecule has 11 heteroatoms. The summed E-state index contributed by atoms with van der Waals surface area (Å²) in [6.07, 6.45) is 4.47. The third-order valence-electron chi connectivity index (χ3n) is 5.44. The molecule has 1 atom stereocenters. The predicted molar refractivity (Wildman–Crippen MR) is 85.7 cm³/mol. The first kappa shape index (κ1) is 15.7. The molecule has 2 aromatic rings. The largest absolute Gasteiger partial charge is 0.363 e. The fourth-order valence-corrected chi connectivity index (χ4v) is 3.76. The SMILES string of the molecule is O=C(Cn1cnnn1)N1CCC2(C1)Cn1c(nn(CC3CC3)c1=O)CO2. The smallest absolute Gasteiger partial charge is 0.346 e. The molecule has 1 saturated heterocycles. The van der Waals surface area contributed by atoms with E-state index in [-0.39, 0.29) is 18.1 Å². The van der Waals surface area contributed by atoms with E-state index in [1.54, 1.807) is 14.1 Å². The lowest BCUT2D eigenvalue weighted by Gasteiger charge is -2.33. The van der Waals surface area contributed by atoms with Crippen molar-refractivity contribution in [3.63, 3.8) is 0 Å². The summed E-state index contributed by atoms with van der Waals surface area (Å²) >= 11 is 0. The van der Waals surface area contributed by atoms with Crippen LogP contribution in [-0.2, 0) is 35.8 Å². The first-order chi connectivity index (χ1) is 12.6. The topological polar surface area (TPSA) is 113 Å². The Morgan fingerprint density at radius 3 is 3.00 bits per heavy atom. The van der Waals surface area contributed by atoms with Gasteiger partial charge in [-0.1, -0.05) is 0 Å². The summed E-state index contributed by atoms with van der Waals surface area (Å²) in [4.78, 5) is 26.9. The highest BCUT2D eigenvalue weighted by Gasteiger charge is 2.45. The molecule has 5 rings (SSSR count). The van der Waals surface area contributed by atoms with Gasteiger partial charge in [0.25, 0.3) is 0 Å². The Labute approximate surface area is 148 Å². The standard InChI is InChI=1S/C15H20N8O3/c24-13(6-21-10-16-18-19-21)20-4-3-15(8-20)9-22-12(7-26-15)17-23(14(22)25)5-11-1-2-11/h10-11H,1-9H2. The van der Waals surface area contributed by atoms with Crippen molar-refractivity contribution in [3.8, 4) is 0 Å². The fraction of sp³-hybridized carbons (Fsp3) is 0.733. The summed E-state index contributed by atoms with van der Waals surface area (Å²) in [6.45, 7) is 2.62. The van der Waals surface area contributed by atoms with Gasteiger partial charge in [-0.15, -0.1) is 5.10 Å². The van der Waals surface area contributed by atoms with Crippen molar-refractivity contribution in [1.82, 2.24) is 39.5 Å². The summed E-state index contributed by atoms with van der Waals surface area (Å²) in [5, 5.41) is 15.2. The normalized spacial score (nSPS) is 25.0. The van der Waals surface area contributed by atoms with Gasteiger partial charge in [0.15, 0.2) is 5.82 Å². The van der Waals surface area contributed by atoms with Crippen LogP contribution in [0.5, 0.6) is 0 Å². The molecule has 3 aliphatic rings. The zero-order valence-electron chi connectivity index (χ0n) is 14.3. The number of rotatable bonds is 4. The average molecular weight is 360 g/mol. The quantitative estimate of drug-likeness (QED) is 0.662. The van der Waals surface area contributed by atoms with E-state index in [0.29, 0.717) is 50.9 Å². The summed E-state index contributed by atoms with van der Waals surface area (Å²) < 4.78 is 10.8. The van der Waals surface area contributed by atoms with E-state index in [1.807, 2.05) is 0 Å². The molecule has 2 aliphatic heterocycles. The minimum Gasteiger partial charge on any atom is -0.363 e. The Bertz CT molecular complexity index is 883. The van der Waals surface area contributed by atoms with Gasteiger partial charge in [0.05, 0.1) is 13.1 Å². The number of carbonyl (C=O) groups is 1. The van der Waals surface area contributed by atoms with Gasteiger partial charge in [0.2, 0.25) is 5.91 Å². The molecule has 1 amide bonds. The van der Waals surface area contributed by atoms with E-state index >= 15 is 0 Å². The number of carbonyl (C=O) groups excluding carboxylic acids is 1. The Morgan fingerprint density at radius 1 is 1.35 bits per heavy atom. The molecule has 4 heterocycles. The molecule has 1 saturated carbocycles. The lowest BCUT2D eigenvalue weighted by molar-refractivity contribution is -0.134. The fourth-order valence-electron chi connectivity index (χ4n) is 3.76. The molecule has 11 nitrogen and oxygen atoms in total. The number of hydrogen-bond donors (Lipinski definition) is 0. The van der Waals surface area contributed by atoms with Crippen LogP contribution in [0.4, 0.5) is 0 Å². The second kappa shape index (κ2) is 5.73. The monoisotopic (exact) mass is 360 g/mol. The van der Waals surface area contributed by atoms with Crippen LogP contribution in [0.1, 0.15) is 25.1 Å². The van der Waals surface area contributed by atoms with Crippen LogP contribution in [0.2, 0.25) is 0 Å². The molecule has 0 bridgehead atoms. The molecular formula is C15H20N8O3. The number of aromatic nitrogens is 7. The number of hydrogen-bond acceptors (Lipinski definition) is 7. The van der Waals surface area contributed by atoms with Gasteiger partial charge in [-0.05, 0) is 35.6 Å². The summed E-state index contributed by atoms with van der Waals surface area (Å²) in [6, 6.07) is 0. The van der Waals surface area contributed by atoms with E-state index in [1.165, 1.54) is 23.9 Å². The van der Waals surface area contributed by atoms with Crippen molar-refractivity contribution in [1.29, 1.82) is 0 Å². The van der Waals surface area contributed by atoms with E-state index < -0.39 is 5.60 Å². The second-order valence-electron chi connectivity index (χ2n) is 7.45. The molecule has 1 aliphatic carbocycles. The van der Waals surface area contributed by atoms with E-state index in [0.717, 1.165) is 0 Å². The van der Waals surface area contributed by atoms with Gasteiger partial charge >= 0.3 is 5.69 Å². The lowest BCUT2D eigenvalue weighted by atomic mass is 10.0. The molecule has 1 unspecified atom stereocenters. The summed E-state index contributed by atoms with van der Waals surface area (Å²) in [5.74, 6) is 1.21. The van der Waals surface area contributed by atoms with Gasteiger partial charge in [-0.2, -0.15) is 5.10 Å². The van der Waals surface area contributed by atoms with Crippen molar-refractivity contribution in [2.45, 2.75) is 51.1 Å².